The minimum Gasteiger partial charge on any atom is -0.329 e. The fraction of sp³-hybridized carbons (Fsp3) is 1.00. The van der Waals surface area contributed by atoms with Gasteiger partial charge in [0.2, 0.25) is 0 Å². The minimum absolute atomic E-state index is 0.659. The van der Waals surface area contributed by atoms with Crippen molar-refractivity contribution in [2.45, 2.75) is 63.6 Å². The molecule has 3 rings (SSSR count). The molecule has 18 heavy (non-hydrogen) atoms. The Hall–Kier alpha value is -0.120. The summed E-state index contributed by atoms with van der Waals surface area (Å²) in [5.41, 5.74) is 6.02. The fourth-order valence-electron chi connectivity index (χ4n) is 4.49. The Labute approximate surface area is 112 Å². The predicted octanol–water partition coefficient (Wildman–Crippen LogP) is 1.67. The molecule has 0 spiro atoms. The monoisotopic (exact) mass is 251 g/mol. The Morgan fingerprint density at radius 1 is 1.00 bits per heavy atom. The van der Waals surface area contributed by atoms with Crippen LogP contribution in [-0.4, -0.2) is 54.1 Å². The van der Waals surface area contributed by atoms with Gasteiger partial charge >= 0.3 is 0 Å². The molecule has 0 radical (unpaired) electrons. The quantitative estimate of drug-likeness (QED) is 0.810. The van der Waals surface area contributed by atoms with Crippen molar-refractivity contribution in [3.63, 3.8) is 0 Å². The third kappa shape index (κ3) is 2.45. The van der Waals surface area contributed by atoms with Crippen LogP contribution in [0.2, 0.25) is 0 Å². The molecule has 3 fully saturated rings. The maximum Gasteiger partial charge on any atom is 0.0223 e. The summed E-state index contributed by atoms with van der Waals surface area (Å²) in [6.45, 7) is 7.22. The molecule has 0 aromatic carbocycles. The van der Waals surface area contributed by atoms with Crippen molar-refractivity contribution in [1.82, 2.24) is 9.80 Å². The normalized spacial score (nSPS) is 43.0. The number of likely N-dealkylation sites (tertiary alicyclic amines) is 1. The molecular weight excluding hydrogens is 222 g/mol. The first-order valence-electron chi connectivity index (χ1n) is 7.97. The van der Waals surface area contributed by atoms with Crippen molar-refractivity contribution in [2.75, 3.05) is 26.2 Å². The number of hydrogen-bond acceptors (Lipinski definition) is 3. The van der Waals surface area contributed by atoms with Gasteiger partial charge in [0, 0.05) is 24.7 Å². The maximum atomic E-state index is 6.02. The molecule has 0 aliphatic carbocycles. The van der Waals surface area contributed by atoms with Crippen molar-refractivity contribution < 1.29 is 0 Å². The molecule has 0 bridgehead atoms. The van der Waals surface area contributed by atoms with Gasteiger partial charge < -0.3 is 10.6 Å². The summed E-state index contributed by atoms with van der Waals surface area (Å²) in [4.78, 5) is 5.50. The molecule has 4 atom stereocenters. The zero-order chi connectivity index (χ0) is 12.5. The molecule has 4 unspecified atom stereocenters. The second-order valence-electron chi connectivity index (χ2n) is 6.77. The highest BCUT2D eigenvalue weighted by molar-refractivity contribution is 4.94. The first-order valence-corrected chi connectivity index (χ1v) is 7.97. The second kappa shape index (κ2) is 5.48. The van der Waals surface area contributed by atoms with Gasteiger partial charge in [-0.1, -0.05) is 6.92 Å². The molecular formula is C15H29N3. The molecule has 0 aromatic heterocycles. The van der Waals surface area contributed by atoms with E-state index in [-0.39, 0.29) is 0 Å². The summed E-state index contributed by atoms with van der Waals surface area (Å²) in [6.07, 6.45) is 8.35. The Bertz CT molecular complexity index is 281. The highest BCUT2D eigenvalue weighted by Crippen LogP contribution is 2.33. The molecule has 0 amide bonds. The smallest absolute Gasteiger partial charge is 0.0223 e. The minimum atomic E-state index is 0.659. The molecule has 0 aromatic rings. The first kappa shape index (κ1) is 12.9. The van der Waals surface area contributed by atoms with Crippen molar-refractivity contribution in [2.24, 2.45) is 11.7 Å². The molecule has 3 heteroatoms. The van der Waals surface area contributed by atoms with E-state index < -0.39 is 0 Å². The standard InChI is InChI=1S/C15H29N3/c1-12-4-8-18(15(9-12)11-16)14-5-7-17-6-2-3-13(17)10-14/h12-15H,2-11,16H2,1H3. The van der Waals surface area contributed by atoms with E-state index in [0.717, 1.165) is 24.5 Å². The second-order valence-corrected chi connectivity index (χ2v) is 6.77. The molecule has 3 aliphatic heterocycles. The number of rotatable bonds is 2. The molecule has 3 aliphatic rings. The van der Waals surface area contributed by atoms with E-state index in [9.17, 15) is 0 Å². The van der Waals surface area contributed by atoms with E-state index in [1.165, 1.54) is 58.2 Å². The van der Waals surface area contributed by atoms with Gasteiger partial charge in [-0.15, -0.1) is 0 Å². The first-order chi connectivity index (χ1) is 8.78. The number of nitrogens with two attached hydrogens (primary N) is 1. The summed E-state index contributed by atoms with van der Waals surface area (Å²) in [6, 6.07) is 2.37. The lowest BCUT2D eigenvalue weighted by molar-refractivity contribution is 0.0279. The van der Waals surface area contributed by atoms with Gasteiger partial charge in [-0.25, -0.2) is 0 Å². The van der Waals surface area contributed by atoms with Crippen LogP contribution in [0.4, 0.5) is 0 Å². The molecule has 0 saturated carbocycles. The van der Waals surface area contributed by atoms with Crippen molar-refractivity contribution >= 4 is 0 Å². The highest BCUT2D eigenvalue weighted by Gasteiger charge is 2.37. The van der Waals surface area contributed by atoms with Crippen LogP contribution in [0.3, 0.4) is 0 Å². The lowest BCUT2D eigenvalue weighted by Crippen LogP contribution is -2.55. The summed E-state index contributed by atoms with van der Waals surface area (Å²) in [7, 11) is 0. The zero-order valence-corrected chi connectivity index (χ0v) is 11.9. The van der Waals surface area contributed by atoms with Crippen LogP contribution in [0.5, 0.6) is 0 Å². The summed E-state index contributed by atoms with van der Waals surface area (Å²) < 4.78 is 0. The number of fused-ring (bicyclic) bond motifs is 1. The summed E-state index contributed by atoms with van der Waals surface area (Å²) in [5.74, 6) is 0.876. The zero-order valence-electron chi connectivity index (χ0n) is 11.9. The molecule has 3 nitrogen and oxygen atoms in total. The lowest BCUT2D eigenvalue weighted by atomic mass is 9.87. The predicted molar refractivity (Wildman–Crippen MR) is 75.6 cm³/mol. The van der Waals surface area contributed by atoms with Crippen LogP contribution < -0.4 is 5.73 Å². The molecule has 2 N–H and O–H groups in total. The van der Waals surface area contributed by atoms with Crippen molar-refractivity contribution in [3.8, 4) is 0 Å². The molecule has 104 valence electrons. The number of nitrogens with zero attached hydrogens (tertiary/aromatic N) is 2. The van der Waals surface area contributed by atoms with Gasteiger partial charge in [0.25, 0.3) is 0 Å². The topological polar surface area (TPSA) is 32.5 Å². The van der Waals surface area contributed by atoms with E-state index in [0.29, 0.717) is 6.04 Å². The van der Waals surface area contributed by atoms with Crippen LogP contribution in [0.1, 0.15) is 45.4 Å². The average Bonchev–Trinajstić information content (AvgIpc) is 2.85. The average molecular weight is 251 g/mol. The fourth-order valence-corrected chi connectivity index (χ4v) is 4.49. The third-order valence-corrected chi connectivity index (χ3v) is 5.56. The summed E-state index contributed by atoms with van der Waals surface area (Å²) >= 11 is 0. The van der Waals surface area contributed by atoms with E-state index in [1.807, 2.05) is 0 Å². The lowest BCUT2D eigenvalue weighted by Gasteiger charge is -2.47. The van der Waals surface area contributed by atoms with E-state index in [4.69, 9.17) is 5.73 Å². The largest absolute Gasteiger partial charge is 0.329 e. The SMILES string of the molecule is CC1CCN(C2CCN3CCCC3C2)C(CN)C1. The Morgan fingerprint density at radius 3 is 2.72 bits per heavy atom. The van der Waals surface area contributed by atoms with Gasteiger partial charge in [-0.3, -0.25) is 4.90 Å². The van der Waals surface area contributed by atoms with Crippen molar-refractivity contribution in [1.29, 1.82) is 0 Å². The third-order valence-electron chi connectivity index (χ3n) is 5.56. The Kier molecular flexibility index (Phi) is 3.92. The van der Waals surface area contributed by atoms with Crippen LogP contribution >= 0.6 is 0 Å². The van der Waals surface area contributed by atoms with E-state index in [2.05, 4.69) is 16.7 Å². The van der Waals surface area contributed by atoms with Crippen molar-refractivity contribution in [3.05, 3.63) is 0 Å². The molecule has 3 heterocycles. The Morgan fingerprint density at radius 2 is 1.89 bits per heavy atom. The van der Waals surface area contributed by atoms with Crippen LogP contribution in [-0.2, 0) is 0 Å². The van der Waals surface area contributed by atoms with Gasteiger partial charge in [-0.05, 0) is 64.1 Å². The van der Waals surface area contributed by atoms with E-state index in [1.54, 1.807) is 0 Å². The highest BCUT2D eigenvalue weighted by atomic mass is 15.2. The Balaban J connectivity index is 1.63. The number of hydrogen-bond donors (Lipinski definition) is 1. The maximum absolute atomic E-state index is 6.02. The van der Waals surface area contributed by atoms with Gasteiger partial charge in [0.05, 0.1) is 0 Å². The van der Waals surface area contributed by atoms with Gasteiger partial charge in [0.15, 0.2) is 0 Å². The van der Waals surface area contributed by atoms with Crippen LogP contribution in [0.15, 0.2) is 0 Å². The van der Waals surface area contributed by atoms with Gasteiger partial charge in [-0.2, -0.15) is 0 Å². The molecule has 3 saturated heterocycles. The van der Waals surface area contributed by atoms with E-state index >= 15 is 0 Å². The van der Waals surface area contributed by atoms with Gasteiger partial charge in [0.1, 0.15) is 0 Å². The summed E-state index contributed by atoms with van der Waals surface area (Å²) in [5, 5.41) is 0. The van der Waals surface area contributed by atoms with Crippen LogP contribution in [0, 0.1) is 5.92 Å². The van der Waals surface area contributed by atoms with Crippen LogP contribution in [0.25, 0.3) is 0 Å². The number of piperidine rings is 2.